The van der Waals surface area contributed by atoms with Crippen molar-refractivity contribution in [1.82, 2.24) is 0 Å². The Morgan fingerprint density at radius 3 is 2.00 bits per heavy atom. The molecule has 15 heteroatoms. The molecule has 21 atom stereocenters. The van der Waals surface area contributed by atoms with Crippen molar-refractivity contribution in [3.63, 3.8) is 0 Å². The molecule has 3 saturated carbocycles. The summed E-state index contributed by atoms with van der Waals surface area (Å²) in [7, 11) is 4.68. The van der Waals surface area contributed by atoms with Gasteiger partial charge in [-0.3, -0.25) is 4.79 Å². The Morgan fingerprint density at radius 1 is 0.774 bits per heavy atom. The first-order valence-electron chi connectivity index (χ1n) is 23.0. The molecule has 3 aliphatic heterocycles. The smallest absolute Gasteiger partial charge is 0.333 e. The number of esters is 1. The van der Waals surface area contributed by atoms with Crippen molar-refractivity contribution in [2.45, 2.75) is 211 Å². The molecule has 7 aliphatic rings. The van der Waals surface area contributed by atoms with E-state index in [2.05, 4.69) is 13.0 Å². The van der Waals surface area contributed by atoms with E-state index in [9.17, 15) is 24.9 Å². The summed E-state index contributed by atoms with van der Waals surface area (Å²) in [6.07, 6.45) is 0.173. The minimum absolute atomic E-state index is 0.0391. The first-order chi connectivity index (χ1) is 29.3. The van der Waals surface area contributed by atoms with Crippen molar-refractivity contribution in [1.29, 1.82) is 0 Å². The van der Waals surface area contributed by atoms with Crippen LogP contribution >= 0.6 is 0 Å². The van der Waals surface area contributed by atoms with Crippen LogP contribution in [-0.2, 0) is 57.0 Å². The summed E-state index contributed by atoms with van der Waals surface area (Å²) >= 11 is 0. The summed E-state index contributed by atoms with van der Waals surface area (Å²) in [6.45, 7) is 15.0. The van der Waals surface area contributed by atoms with Crippen LogP contribution in [0.1, 0.15) is 113 Å². The highest BCUT2D eigenvalue weighted by molar-refractivity contribution is 5.88. The van der Waals surface area contributed by atoms with Crippen LogP contribution in [0.15, 0.2) is 23.3 Å². The van der Waals surface area contributed by atoms with Crippen LogP contribution in [0.5, 0.6) is 0 Å². The summed E-state index contributed by atoms with van der Waals surface area (Å²) in [5.74, 6) is -0.727. The lowest BCUT2D eigenvalue weighted by Gasteiger charge is -2.63. The fraction of sp³-hybridized carbons (Fsp3) is 0.872. The van der Waals surface area contributed by atoms with Crippen molar-refractivity contribution in [2.75, 3.05) is 21.3 Å². The second kappa shape index (κ2) is 18.8. The maximum Gasteiger partial charge on any atom is 0.333 e. The number of allylic oxidation sites excluding steroid dienone is 2. The fourth-order valence-electron chi connectivity index (χ4n) is 12.8. The molecule has 4 aliphatic carbocycles. The third kappa shape index (κ3) is 8.42. The Bertz CT molecular complexity index is 1670. The highest BCUT2D eigenvalue weighted by Crippen LogP contribution is 2.68. The van der Waals surface area contributed by atoms with E-state index in [0.717, 1.165) is 19.3 Å². The monoisotopic (exact) mass is 879 g/mol. The second-order valence-corrected chi connectivity index (χ2v) is 19.8. The van der Waals surface area contributed by atoms with Gasteiger partial charge in [0.05, 0.1) is 42.2 Å². The molecule has 0 aromatic carbocycles. The quantitative estimate of drug-likeness (QED) is 0.139. The van der Waals surface area contributed by atoms with Crippen LogP contribution in [0.3, 0.4) is 0 Å². The van der Waals surface area contributed by atoms with E-state index < -0.39 is 96.9 Å². The summed E-state index contributed by atoms with van der Waals surface area (Å²) in [5.41, 5.74) is -0.439. The highest BCUT2D eigenvalue weighted by Gasteiger charge is 2.71. The minimum atomic E-state index is -1.22. The molecule has 0 radical (unpaired) electrons. The molecule has 0 aromatic heterocycles. The van der Waals surface area contributed by atoms with Gasteiger partial charge in [-0.1, -0.05) is 31.6 Å². The molecule has 15 nitrogen and oxygen atoms in total. The predicted molar refractivity (Wildman–Crippen MR) is 223 cm³/mol. The largest absolute Gasteiger partial charge is 0.458 e. The van der Waals surface area contributed by atoms with E-state index in [1.54, 1.807) is 41.1 Å². The number of carbonyl (C=O) groups excluding carboxylic acids is 2. The van der Waals surface area contributed by atoms with Gasteiger partial charge in [-0.2, -0.15) is 0 Å². The van der Waals surface area contributed by atoms with E-state index in [-0.39, 0.29) is 41.2 Å². The fourth-order valence-corrected chi connectivity index (χ4v) is 12.8. The molecule has 7 rings (SSSR count). The second-order valence-electron chi connectivity index (χ2n) is 19.8. The van der Waals surface area contributed by atoms with Crippen molar-refractivity contribution < 1.29 is 72.3 Å². The third-order valence-electron chi connectivity index (χ3n) is 16.6. The van der Waals surface area contributed by atoms with Gasteiger partial charge >= 0.3 is 5.97 Å². The molecule has 0 amide bonds. The number of hydrogen-bond acceptors (Lipinski definition) is 15. The third-order valence-corrected chi connectivity index (χ3v) is 16.6. The molecular formula is C47H74O15. The Hall–Kier alpha value is -1.86. The molecule has 3 N–H and O–H groups in total. The molecule has 18 unspecified atom stereocenters. The lowest BCUT2D eigenvalue weighted by Crippen LogP contribution is -2.66. The number of aliphatic hydroxyl groups is 3. The minimum Gasteiger partial charge on any atom is -0.458 e. The number of rotatable bonds is 12. The average Bonchev–Trinajstić information content (AvgIpc) is 3.53. The number of fused-ring (bicyclic) bond motifs is 5. The summed E-state index contributed by atoms with van der Waals surface area (Å²) in [6, 6.07) is 0. The zero-order valence-electron chi connectivity index (χ0n) is 38.7. The van der Waals surface area contributed by atoms with Gasteiger partial charge in [0.25, 0.3) is 0 Å². The Labute approximate surface area is 367 Å². The van der Waals surface area contributed by atoms with Gasteiger partial charge in [-0.15, -0.1) is 0 Å². The van der Waals surface area contributed by atoms with Crippen molar-refractivity contribution in [3.8, 4) is 0 Å². The van der Waals surface area contributed by atoms with Gasteiger partial charge in [0.2, 0.25) is 0 Å². The maximum atomic E-state index is 13.3. The van der Waals surface area contributed by atoms with Crippen LogP contribution in [0.25, 0.3) is 0 Å². The number of aliphatic hydroxyl groups excluding tert-OH is 2. The number of Topliss-reactive ketones (excluding diaryl/α,β-unsaturated/α-hetero) is 1. The number of hydrogen-bond donors (Lipinski definition) is 3. The van der Waals surface area contributed by atoms with Gasteiger partial charge in [0, 0.05) is 51.1 Å². The normalized spacial score (nSPS) is 49.6. The van der Waals surface area contributed by atoms with Crippen LogP contribution in [-0.4, -0.2) is 146 Å². The summed E-state index contributed by atoms with van der Waals surface area (Å²) < 4.78 is 61.8. The van der Waals surface area contributed by atoms with E-state index >= 15 is 0 Å². The predicted octanol–water partition coefficient (Wildman–Crippen LogP) is 4.69. The first-order valence-corrected chi connectivity index (χ1v) is 23.0. The number of carbonyl (C=O) groups is 2. The first kappa shape index (κ1) is 48.1. The van der Waals surface area contributed by atoms with Gasteiger partial charge < -0.3 is 62.7 Å². The molecule has 3 heterocycles. The molecule has 62 heavy (non-hydrogen) atoms. The lowest BCUT2D eigenvalue weighted by molar-refractivity contribution is -0.352. The van der Waals surface area contributed by atoms with Gasteiger partial charge in [-0.25, -0.2) is 4.79 Å². The van der Waals surface area contributed by atoms with Crippen LogP contribution in [0.2, 0.25) is 0 Å². The van der Waals surface area contributed by atoms with E-state index in [1.165, 1.54) is 12.7 Å². The van der Waals surface area contributed by atoms with Crippen LogP contribution in [0.4, 0.5) is 0 Å². The zero-order chi connectivity index (χ0) is 45.1. The zero-order valence-corrected chi connectivity index (χ0v) is 38.7. The molecule has 3 saturated heterocycles. The average molecular weight is 879 g/mol. The molecular weight excluding hydrogens is 805 g/mol. The van der Waals surface area contributed by atoms with Crippen molar-refractivity contribution >= 4 is 11.8 Å². The van der Waals surface area contributed by atoms with Crippen molar-refractivity contribution in [2.24, 2.45) is 28.6 Å². The molecule has 0 aromatic rings. The van der Waals surface area contributed by atoms with Crippen LogP contribution < -0.4 is 0 Å². The van der Waals surface area contributed by atoms with Gasteiger partial charge in [-0.05, 0) is 104 Å². The molecule has 0 bridgehead atoms. The Balaban J connectivity index is 0.980. The highest BCUT2D eigenvalue weighted by atomic mass is 16.8. The van der Waals surface area contributed by atoms with Gasteiger partial charge in [0.1, 0.15) is 42.4 Å². The summed E-state index contributed by atoms with van der Waals surface area (Å²) in [5, 5.41) is 34.1. The molecule has 6 fully saturated rings. The van der Waals surface area contributed by atoms with E-state index in [0.29, 0.717) is 44.1 Å². The SMILES string of the molecule is CC=C(C)C(=O)OC1CC2C(CC=C3CC(OC4CC(OC)C(OC5CC(OC)C(OC6OC(C)C(O)C(OC)C6O)C(C)O5)C(C)O4)CC[C@@]32C)[C@@]2(O)CCC(C(C)=O)[C@@]12C. The Morgan fingerprint density at radius 2 is 1.40 bits per heavy atom. The lowest BCUT2D eigenvalue weighted by atomic mass is 9.45. The maximum absolute atomic E-state index is 13.3. The molecule has 352 valence electrons. The van der Waals surface area contributed by atoms with E-state index in [4.69, 9.17) is 47.4 Å². The van der Waals surface area contributed by atoms with Crippen molar-refractivity contribution in [3.05, 3.63) is 23.3 Å². The summed E-state index contributed by atoms with van der Waals surface area (Å²) in [4.78, 5) is 26.4. The topological polar surface area (TPSA) is 187 Å². The Kier molecular flexibility index (Phi) is 14.6. The number of ketones is 1. The van der Waals surface area contributed by atoms with E-state index in [1.807, 2.05) is 27.7 Å². The molecule has 0 spiro atoms. The standard InChI is InChI=1S/C47H74O15/c1-12-23(2)43(51)60-35-20-32-31(47(52)18-16-30(24(3)48)46(35,47)8)14-13-28-19-29(15-17-45(28,32)7)59-36-21-33(53-9)40(26(5)56-36)61-37-22-34(54-10)41(27(6)57-37)62-44-39(50)42(55-11)38(49)25(4)58-44/h12-13,25-27,29-42,44,49-50,52H,14-22H2,1-11H3/t25?,26?,27?,29?,30?,31?,32?,33?,34?,35?,36?,37?,38?,39?,40?,41?,42?,44?,45-,46-,47-/m0/s1. The van der Waals surface area contributed by atoms with Crippen LogP contribution in [0, 0.1) is 28.6 Å². The number of ether oxygens (including phenoxy) is 10. The number of methoxy groups -OCH3 is 3. The van der Waals surface area contributed by atoms with Gasteiger partial charge in [0.15, 0.2) is 18.9 Å².